The van der Waals surface area contributed by atoms with Crippen molar-refractivity contribution >= 4 is 28.1 Å². The Balaban J connectivity index is 0.00000172. The third kappa shape index (κ3) is 7.74. The number of methoxy groups -OCH3 is 2. The van der Waals surface area contributed by atoms with Crippen LogP contribution < -0.4 is 25.4 Å². The molecule has 0 radical (unpaired) electrons. The van der Waals surface area contributed by atoms with Crippen molar-refractivity contribution in [2.45, 2.75) is 26.7 Å². The highest BCUT2D eigenvalue weighted by Crippen LogP contribution is 2.38. The van der Waals surface area contributed by atoms with Crippen LogP contribution in [0, 0.1) is 5.92 Å². The maximum absolute atomic E-state index is 6.36. The summed E-state index contributed by atoms with van der Waals surface area (Å²) in [4.78, 5) is 14.1. The fourth-order valence-corrected chi connectivity index (χ4v) is 4.48. The number of benzene rings is 2. The number of nitrogens with one attached hydrogen (secondary N) is 1. The highest BCUT2D eigenvalue weighted by molar-refractivity contribution is 5.82. The number of hydrogen-bond acceptors (Lipinski definition) is 9. The Bertz CT molecular complexity index is 1220. The summed E-state index contributed by atoms with van der Waals surface area (Å²) in [6.07, 6.45) is 6.04. The molecule has 3 N–H and O–H groups in total. The van der Waals surface area contributed by atoms with Crippen molar-refractivity contribution in [3.8, 4) is 11.5 Å². The number of aromatic nitrogens is 2. The molecular weight excluding hydrogens is 492 g/mol. The average Bonchev–Trinajstić information content (AvgIpc) is 3.83. The largest absolute Gasteiger partial charge is 0.497 e. The number of fused-ring (bicyclic) bond motifs is 1. The molecule has 9 nitrogen and oxygen atoms in total. The topological polar surface area (TPSA) is 98.0 Å². The van der Waals surface area contributed by atoms with Crippen LogP contribution in [0.5, 0.6) is 11.5 Å². The van der Waals surface area contributed by atoms with E-state index in [9.17, 15) is 0 Å². The molecule has 1 saturated carbocycles. The lowest BCUT2D eigenvalue weighted by molar-refractivity contribution is 0.0388. The van der Waals surface area contributed by atoms with Gasteiger partial charge in [0.05, 0.1) is 50.4 Å². The van der Waals surface area contributed by atoms with Crippen LogP contribution in [0.25, 0.3) is 16.7 Å². The van der Waals surface area contributed by atoms with Crippen molar-refractivity contribution in [2.75, 3.05) is 65.1 Å². The molecule has 2 fully saturated rings. The normalized spacial score (nSPS) is 15.8. The van der Waals surface area contributed by atoms with Crippen LogP contribution in [0.2, 0.25) is 0 Å². The van der Waals surface area contributed by atoms with Crippen molar-refractivity contribution in [3.63, 3.8) is 0 Å². The Morgan fingerprint density at radius 1 is 1.05 bits per heavy atom. The molecule has 1 aromatic heterocycles. The minimum absolute atomic E-state index is 0.564. The Morgan fingerprint density at radius 2 is 1.77 bits per heavy atom. The summed E-state index contributed by atoms with van der Waals surface area (Å²) in [5.41, 5.74) is 11.3. The van der Waals surface area contributed by atoms with Gasteiger partial charge in [-0.25, -0.2) is 4.98 Å². The standard InChI is InChI=1S/C28H36N6O3.C2H6/c1-35-23-13-22(14-24(16-23)36-2)34(19-20-3-4-20)21-5-6-26-27(15-21)32-28(18-31-26)25(29)17-30-7-8-33-9-11-37-12-10-33;1-2/h5-6,13-18,20,30H,3-4,7-12,19,29H2,1-2H3;1-2H3/b25-17-;. The molecule has 0 unspecified atom stereocenters. The summed E-state index contributed by atoms with van der Waals surface area (Å²) >= 11 is 0. The molecule has 2 heterocycles. The second kappa shape index (κ2) is 14.0. The van der Waals surface area contributed by atoms with Gasteiger partial charge in [0.25, 0.3) is 0 Å². The molecule has 0 amide bonds. The Hall–Kier alpha value is -3.56. The fourth-order valence-electron chi connectivity index (χ4n) is 4.48. The van der Waals surface area contributed by atoms with Crippen molar-refractivity contribution in [1.82, 2.24) is 20.2 Å². The molecule has 9 heteroatoms. The van der Waals surface area contributed by atoms with Crippen molar-refractivity contribution in [3.05, 3.63) is 54.5 Å². The van der Waals surface area contributed by atoms with Crippen molar-refractivity contribution in [1.29, 1.82) is 0 Å². The molecular formula is C30H42N6O3. The van der Waals surface area contributed by atoms with Gasteiger partial charge in [-0.3, -0.25) is 9.88 Å². The summed E-state index contributed by atoms with van der Waals surface area (Å²) in [5.74, 6) is 2.20. The number of rotatable bonds is 11. The lowest BCUT2D eigenvalue weighted by Gasteiger charge is -2.26. The minimum Gasteiger partial charge on any atom is -0.497 e. The molecule has 2 aromatic carbocycles. The Labute approximate surface area is 232 Å². The third-order valence-corrected chi connectivity index (χ3v) is 6.85. The van der Waals surface area contributed by atoms with E-state index in [4.69, 9.17) is 24.9 Å². The van der Waals surface area contributed by atoms with Gasteiger partial charge >= 0.3 is 0 Å². The van der Waals surface area contributed by atoms with Gasteiger partial charge in [0.2, 0.25) is 0 Å². The molecule has 1 aliphatic heterocycles. The first-order chi connectivity index (χ1) is 19.1. The van der Waals surface area contributed by atoms with Gasteiger partial charge in [-0.05, 0) is 37.0 Å². The van der Waals surface area contributed by atoms with Gasteiger partial charge in [-0.1, -0.05) is 13.8 Å². The van der Waals surface area contributed by atoms with Gasteiger partial charge < -0.3 is 30.2 Å². The van der Waals surface area contributed by atoms with Gasteiger partial charge in [-0.15, -0.1) is 0 Å². The second-order valence-corrected chi connectivity index (χ2v) is 9.56. The number of anilines is 2. The molecule has 2 aliphatic rings. The zero-order valence-corrected chi connectivity index (χ0v) is 23.7. The lowest BCUT2D eigenvalue weighted by Crippen LogP contribution is -2.39. The first kappa shape index (κ1) is 28.4. The monoisotopic (exact) mass is 534 g/mol. The fraction of sp³-hybridized carbons (Fsp3) is 0.467. The smallest absolute Gasteiger partial charge is 0.124 e. The van der Waals surface area contributed by atoms with E-state index in [1.807, 2.05) is 44.3 Å². The number of nitrogens with zero attached hydrogens (tertiary/aromatic N) is 4. The summed E-state index contributed by atoms with van der Waals surface area (Å²) in [5, 5.41) is 3.31. The van der Waals surface area contributed by atoms with E-state index in [0.717, 1.165) is 79.8 Å². The van der Waals surface area contributed by atoms with Crippen LogP contribution in [-0.4, -0.2) is 75.0 Å². The highest BCUT2D eigenvalue weighted by Gasteiger charge is 2.26. The van der Waals surface area contributed by atoms with E-state index in [1.54, 1.807) is 20.4 Å². The Kier molecular flexibility index (Phi) is 10.2. The minimum atomic E-state index is 0.564. The number of morpholine rings is 1. The third-order valence-electron chi connectivity index (χ3n) is 6.85. The summed E-state index contributed by atoms with van der Waals surface area (Å²) in [7, 11) is 3.35. The van der Waals surface area contributed by atoms with E-state index in [0.29, 0.717) is 17.3 Å². The first-order valence-corrected chi connectivity index (χ1v) is 13.9. The molecule has 39 heavy (non-hydrogen) atoms. The van der Waals surface area contributed by atoms with Crippen LogP contribution in [0.15, 0.2) is 48.8 Å². The van der Waals surface area contributed by atoms with Crippen LogP contribution in [0.1, 0.15) is 32.4 Å². The predicted octanol–water partition coefficient (Wildman–Crippen LogP) is 4.40. The van der Waals surface area contributed by atoms with Crippen LogP contribution in [0.3, 0.4) is 0 Å². The van der Waals surface area contributed by atoms with Gasteiger partial charge in [0.1, 0.15) is 17.2 Å². The molecule has 0 atom stereocenters. The van der Waals surface area contributed by atoms with E-state index in [-0.39, 0.29) is 0 Å². The molecule has 0 bridgehead atoms. The highest BCUT2D eigenvalue weighted by atomic mass is 16.5. The molecule has 0 spiro atoms. The number of hydrogen-bond donors (Lipinski definition) is 2. The molecule has 210 valence electrons. The van der Waals surface area contributed by atoms with E-state index in [1.165, 1.54) is 12.8 Å². The van der Waals surface area contributed by atoms with Crippen LogP contribution in [0.4, 0.5) is 11.4 Å². The number of ether oxygens (including phenoxy) is 3. The molecule has 5 rings (SSSR count). The Morgan fingerprint density at radius 3 is 2.44 bits per heavy atom. The van der Waals surface area contributed by atoms with Gasteiger partial charge in [-0.2, -0.15) is 0 Å². The van der Waals surface area contributed by atoms with Crippen LogP contribution >= 0.6 is 0 Å². The first-order valence-electron chi connectivity index (χ1n) is 13.9. The van der Waals surface area contributed by atoms with Gasteiger partial charge in [0.15, 0.2) is 0 Å². The summed E-state index contributed by atoms with van der Waals surface area (Å²) in [6, 6.07) is 12.2. The SMILES string of the molecule is CC.COc1cc(OC)cc(N(CC2CC2)c2ccc3ncc(/C(N)=C/NCCN4CCOCC4)nc3c2)c1. The second-order valence-electron chi connectivity index (χ2n) is 9.56. The summed E-state index contributed by atoms with van der Waals surface area (Å²) in [6.45, 7) is 10.2. The zero-order chi connectivity index (χ0) is 27.6. The van der Waals surface area contributed by atoms with E-state index >= 15 is 0 Å². The summed E-state index contributed by atoms with van der Waals surface area (Å²) < 4.78 is 16.5. The van der Waals surface area contributed by atoms with Crippen molar-refractivity contribution < 1.29 is 14.2 Å². The predicted molar refractivity (Wildman–Crippen MR) is 158 cm³/mol. The van der Waals surface area contributed by atoms with Gasteiger partial charge in [0, 0.05) is 68.5 Å². The molecule has 1 saturated heterocycles. The average molecular weight is 535 g/mol. The maximum atomic E-state index is 6.36. The molecule has 1 aliphatic carbocycles. The van der Waals surface area contributed by atoms with E-state index in [2.05, 4.69) is 32.2 Å². The van der Waals surface area contributed by atoms with E-state index < -0.39 is 0 Å². The van der Waals surface area contributed by atoms with Crippen LogP contribution in [-0.2, 0) is 4.74 Å². The number of nitrogens with two attached hydrogens (primary N) is 1. The lowest BCUT2D eigenvalue weighted by atomic mass is 10.1. The zero-order valence-electron chi connectivity index (χ0n) is 23.7. The maximum Gasteiger partial charge on any atom is 0.124 e. The molecule has 3 aromatic rings. The quantitative estimate of drug-likeness (QED) is 0.347. The van der Waals surface area contributed by atoms with Crippen molar-refractivity contribution in [2.24, 2.45) is 11.7 Å².